The van der Waals surface area contributed by atoms with Crippen molar-refractivity contribution in [3.63, 3.8) is 0 Å². The number of nitrogens with zero attached hydrogens (tertiary/aromatic N) is 4. The Balaban J connectivity index is 2.12. The predicted molar refractivity (Wildman–Crippen MR) is 62.0 cm³/mol. The third-order valence-electron chi connectivity index (χ3n) is 1.81. The van der Waals surface area contributed by atoms with E-state index < -0.39 is 0 Å². The maximum atomic E-state index is 11.2. The number of rotatable bonds is 3. The van der Waals surface area contributed by atoms with Crippen LogP contribution in [0.5, 0.6) is 0 Å². The molecule has 0 unspecified atom stereocenters. The molecule has 2 heterocycles. The van der Waals surface area contributed by atoms with Crippen molar-refractivity contribution in [1.29, 1.82) is 5.26 Å². The Morgan fingerprint density at radius 1 is 1.41 bits per heavy atom. The molecule has 84 valence electrons. The monoisotopic (exact) mass is 245 g/mol. The van der Waals surface area contributed by atoms with E-state index in [0.717, 1.165) is 4.88 Å². The number of nitriles is 1. The van der Waals surface area contributed by atoms with Gasteiger partial charge in [0.1, 0.15) is 12.1 Å². The van der Waals surface area contributed by atoms with E-state index in [1.165, 1.54) is 11.3 Å². The van der Waals surface area contributed by atoms with Crippen LogP contribution in [0.4, 0.5) is 5.13 Å². The molecule has 0 aliphatic carbocycles. The van der Waals surface area contributed by atoms with Gasteiger partial charge in [-0.25, -0.2) is 4.98 Å². The number of nitrogens with one attached hydrogen (secondary N) is 1. The predicted octanol–water partition coefficient (Wildman–Crippen LogP) is 1.45. The Morgan fingerprint density at radius 3 is 3.00 bits per heavy atom. The lowest BCUT2D eigenvalue weighted by molar-refractivity contribution is -0.115. The van der Waals surface area contributed by atoms with Crippen molar-refractivity contribution in [3.05, 3.63) is 24.8 Å². The lowest BCUT2D eigenvalue weighted by Gasteiger charge is -1.95. The average Bonchev–Trinajstić information content (AvgIpc) is 2.79. The highest BCUT2D eigenvalue weighted by Gasteiger charge is 2.08. The summed E-state index contributed by atoms with van der Waals surface area (Å²) in [7, 11) is 0. The first-order valence-electron chi connectivity index (χ1n) is 4.68. The molecule has 0 atom stereocenters. The molecule has 17 heavy (non-hydrogen) atoms. The number of hydrogen-bond acceptors (Lipinski definition) is 6. The molecule has 0 aliphatic rings. The van der Waals surface area contributed by atoms with Crippen LogP contribution in [0.15, 0.2) is 24.8 Å². The van der Waals surface area contributed by atoms with E-state index >= 15 is 0 Å². The number of hydrogen-bond donors (Lipinski definition) is 1. The zero-order valence-corrected chi connectivity index (χ0v) is 9.44. The minimum absolute atomic E-state index is 0.181. The van der Waals surface area contributed by atoms with Crippen molar-refractivity contribution < 1.29 is 4.79 Å². The number of thiazole rings is 1. The summed E-state index contributed by atoms with van der Waals surface area (Å²) in [5.41, 5.74) is 0.700. The van der Waals surface area contributed by atoms with Crippen LogP contribution < -0.4 is 5.32 Å². The van der Waals surface area contributed by atoms with Gasteiger partial charge < -0.3 is 5.32 Å². The Hall–Kier alpha value is -2.33. The van der Waals surface area contributed by atoms with Crippen molar-refractivity contribution in [2.75, 3.05) is 5.32 Å². The van der Waals surface area contributed by atoms with Gasteiger partial charge >= 0.3 is 0 Å². The molecule has 0 spiro atoms. The number of amides is 1. The van der Waals surface area contributed by atoms with Crippen LogP contribution in [0.25, 0.3) is 10.6 Å². The molecule has 0 saturated carbocycles. The second-order valence-corrected chi connectivity index (χ2v) is 4.03. The minimum Gasteiger partial charge on any atom is -0.301 e. The molecule has 7 heteroatoms. The van der Waals surface area contributed by atoms with E-state index in [1.54, 1.807) is 30.9 Å². The standard InChI is InChI=1S/C10H7N5OS/c11-2-1-9(16)15-10-14-6-8(17-10)7-5-12-3-4-13-7/h3-6H,1H2,(H,14,15,16). The van der Waals surface area contributed by atoms with E-state index in [0.29, 0.717) is 10.8 Å². The molecule has 0 radical (unpaired) electrons. The van der Waals surface area contributed by atoms with Crippen molar-refractivity contribution in [3.8, 4) is 16.6 Å². The molecule has 2 aromatic rings. The second kappa shape index (κ2) is 5.14. The van der Waals surface area contributed by atoms with Gasteiger partial charge in [-0.15, -0.1) is 0 Å². The molecule has 2 aromatic heterocycles. The van der Waals surface area contributed by atoms with E-state index in [9.17, 15) is 4.79 Å². The smallest absolute Gasteiger partial charge is 0.240 e. The summed E-state index contributed by atoms with van der Waals surface area (Å²) >= 11 is 1.29. The minimum atomic E-state index is -0.368. The normalized spacial score (nSPS) is 9.59. The Labute approximate surface area is 101 Å². The molecule has 0 aliphatic heterocycles. The molecule has 0 saturated heterocycles. The molecule has 2 rings (SSSR count). The number of anilines is 1. The summed E-state index contributed by atoms with van der Waals surface area (Å²) in [6.45, 7) is 0. The number of carbonyl (C=O) groups excluding carboxylic acids is 1. The van der Waals surface area contributed by atoms with Gasteiger partial charge in [0.05, 0.1) is 17.1 Å². The third kappa shape index (κ3) is 2.83. The van der Waals surface area contributed by atoms with Gasteiger partial charge in [-0.05, 0) is 0 Å². The van der Waals surface area contributed by atoms with Crippen LogP contribution in [0, 0.1) is 11.3 Å². The maximum absolute atomic E-state index is 11.2. The molecule has 0 aromatic carbocycles. The van der Waals surface area contributed by atoms with Crippen LogP contribution in [0.3, 0.4) is 0 Å². The van der Waals surface area contributed by atoms with Gasteiger partial charge in [-0.2, -0.15) is 5.26 Å². The molecular formula is C10H7N5OS. The van der Waals surface area contributed by atoms with Crippen molar-refractivity contribution in [2.45, 2.75) is 6.42 Å². The molecule has 0 bridgehead atoms. The summed E-state index contributed by atoms with van der Waals surface area (Å²) in [6.07, 6.45) is 6.22. The highest BCUT2D eigenvalue weighted by molar-refractivity contribution is 7.19. The average molecular weight is 245 g/mol. The fourth-order valence-corrected chi connectivity index (χ4v) is 1.91. The van der Waals surface area contributed by atoms with Crippen LogP contribution in [-0.2, 0) is 4.79 Å². The van der Waals surface area contributed by atoms with Gasteiger partial charge in [0, 0.05) is 18.6 Å². The molecule has 1 N–H and O–H groups in total. The van der Waals surface area contributed by atoms with Crippen LogP contribution in [0.1, 0.15) is 6.42 Å². The Kier molecular flexibility index (Phi) is 3.37. The largest absolute Gasteiger partial charge is 0.301 e. The van der Waals surface area contributed by atoms with Crippen molar-refractivity contribution in [1.82, 2.24) is 15.0 Å². The van der Waals surface area contributed by atoms with Gasteiger partial charge in [0.15, 0.2) is 5.13 Å². The first-order chi connectivity index (χ1) is 8.29. The molecule has 1 amide bonds. The fraction of sp³-hybridized carbons (Fsp3) is 0.100. The number of carbonyl (C=O) groups is 1. The summed E-state index contributed by atoms with van der Waals surface area (Å²) in [5.74, 6) is -0.368. The van der Waals surface area contributed by atoms with E-state index in [4.69, 9.17) is 5.26 Å². The van der Waals surface area contributed by atoms with Crippen molar-refractivity contribution >= 4 is 22.4 Å². The van der Waals surface area contributed by atoms with Gasteiger partial charge in [0.25, 0.3) is 0 Å². The summed E-state index contributed by atoms with van der Waals surface area (Å²) in [6, 6.07) is 1.77. The lowest BCUT2D eigenvalue weighted by Crippen LogP contribution is -2.09. The summed E-state index contributed by atoms with van der Waals surface area (Å²) < 4.78 is 0. The first-order valence-corrected chi connectivity index (χ1v) is 5.50. The summed E-state index contributed by atoms with van der Waals surface area (Å²) in [5, 5.41) is 11.3. The lowest BCUT2D eigenvalue weighted by atomic mass is 10.4. The van der Waals surface area contributed by atoms with E-state index in [-0.39, 0.29) is 12.3 Å². The van der Waals surface area contributed by atoms with Crippen LogP contribution in [-0.4, -0.2) is 20.9 Å². The van der Waals surface area contributed by atoms with E-state index in [1.807, 2.05) is 0 Å². The SMILES string of the molecule is N#CCC(=O)Nc1ncc(-c2cnccn2)s1. The zero-order chi connectivity index (χ0) is 12.1. The Bertz CT molecular complexity index is 560. The van der Waals surface area contributed by atoms with E-state index in [2.05, 4.69) is 20.3 Å². The van der Waals surface area contributed by atoms with Crippen molar-refractivity contribution in [2.24, 2.45) is 0 Å². The second-order valence-electron chi connectivity index (χ2n) is 3.00. The zero-order valence-electron chi connectivity index (χ0n) is 8.62. The molecule has 0 fully saturated rings. The summed E-state index contributed by atoms with van der Waals surface area (Å²) in [4.78, 5) is 24.1. The highest BCUT2D eigenvalue weighted by atomic mass is 32.1. The quantitative estimate of drug-likeness (QED) is 0.883. The van der Waals surface area contributed by atoms with Gasteiger partial charge in [-0.3, -0.25) is 14.8 Å². The fourth-order valence-electron chi connectivity index (χ4n) is 1.11. The first kappa shape index (κ1) is 11.2. The van der Waals surface area contributed by atoms with Crippen LogP contribution >= 0.6 is 11.3 Å². The van der Waals surface area contributed by atoms with Crippen LogP contribution in [0.2, 0.25) is 0 Å². The topological polar surface area (TPSA) is 91.6 Å². The van der Waals surface area contributed by atoms with Gasteiger partial charge in [-0.1, -0.05) is 11.3 Å². The Morgan fingerprint density at radius 2 is 2.29 bits per heavy atom. The molecule has 6 nitrogen and oxygen atoms in total. The highest BCUT2D eigenvalue weighted by Crippen LogP contribution is 2.26. The third-order valence-corrected chi connectivity index (χ3v) is 2.74. The number of aromatic nitrogens is 3. The van der Waals surface area contributed by atoms with Gasteiger partial charge in [0.2, 0.25) is 5.91 Å². The maximum Gasteiger partial charge on any atom is 0.240 e. The molecular weight excluding hydrogens is 238 g/mol.